The normalized spacial score (nSPS) is 22.3. The minimum Gasteiger partial charge on any atom is -0.333 e. The maximum atomic E-state index is 12.6. The molecule has 2 N–H and O–H groups in total. The van der Waals surface area contributed by atoms with Gasteiger partial charge >= 0.3 is 0 Å². The summed E-state index contributed by atoms with van der Waals surface area (Å²) in [5.74, 6) is 7.05. The van der Waals surface area contributed by atoms with Crippen molar-refractivity contribution in [1.82, 2.24) is 4.90 Å². The quantitative estimate of drug-likeness (QED) is 0.810. The Bertz CT molecular complexity index is 556. The van der Waals surface area contributed by atoms with Crippen LogP contribution in [0.3, 0.4) is 0 Å². The van der Waals surface area contributed by atoms with Crippen molar-refractivity contribution in [3.8, 4) is 11.8 Å². The van der Waals surface area contributed by atoms with Crippen molar-refractivity contribution in [3.05, 3.63) is 21.4 Å². The van der Waals surface area contributed by atoms with Gasteiger partial charge in [-0.3, -0.25) is 4.79 Å². The highest BCUT2D eigenvalue weighted by atomic mass is 32.2. The van der Waals surface area contributed by atoms with E-state index in [0.29, 0.717) is 11.8 Å². The maximum Gasteiger partial charge on any atom is 0.264 e. The van der Waals surface area contributed by atoms with Crippen LogP contribution in [-0.4, -0.2) is 40.9 Å². The van der Waals surface area contributed by atoms with E-state index in [0.717, 1.165) is 27.6 Å². The summed E-state index contributed by atoms with van der Waals surface area (Å²) >= 11 is 3.41. The molecule has 0 aliphatic carbocycles. The van der Waals surface area contributed by atoms with E-state index >= 15 is 0 Å². The molecular formula is C15H20N2OS2. The topological polar surface area (TPSA) is 46.3 Å². The van der Waals surface area contributed by atoms with Gasteiger partial charge in [0.1, 0.15) is 0 Å². The summed E-state index contributed by atoms with van der Waals surface area (Å²) in [7, 11) is 0. The van der Waals surface area contributed by atoms with E-state index in [2.05, 4.69) is 25.7 Å². The largest absolute Gasteiger partial charge is 0.333 e. The Kier molecular flexibility index (Phi) is 5.14. The number of hydrogen-bond donors (Lipinski definition) is 1. The fourth-order valence-corrected chi connectivity index (χ4v) is 4.31. The van der Waals surface area contributed by atoms with Gasteiger partial charge in [0, 0.05) is 23.6 Å². The highest BCUT2D eigenvalue weighted by Crippen LogP contribution is 2.28. The van der Waals surface area contributed by atoms with Crippen LogP contribution in [0.2, 0.25) is 0 Å². The van der Waals surface area contributed by atoms with E-state index in [-0.39, 0.29) is 11.9 Å². The van der Waals surface area contributed by atoms with E-state index < -0.39 is 0 Å². The van der Waals surface area contributed by atoms with Crippen LogP contribution in [0.4, 0.5) is 0 Å². The second-order valence-electron chi connectivity index (χ2n) is 4.94. The summed E-state index contributed by atoms with van der Waals surface area (Å²) in [4.78, 5) is 16.4. The molecule has 0 spiro atoms. The van der Waals surface area contributed by atoms with E-state index in [4.69, 9.17) is 5.73 Å². The van der Waals surface area contributed by atoms with E-state index in [1.54, 1.807) is 0 Å². The molecule has 0 radical (unpaired) electrons. The fourth-order valence-electron chi connectivity index (χ4n) is 2.20. The van der Waals surface area contributed by atoms with Crippen LogP contribution in [0, 0.1) is 18.8 Å². The molecule has 20 heavy (non-hydrogen) atoms. The van der Waals surface area contributed by atoms with Crippen LogP contribution in [-0.2, 0) is 0 Å². The molecule has 1 aromatic heterocycles. The predicted molar refractivity (Wildman–Crippen MR) is 87.4 cm³/mol. The van der Waals surface area contributed by atoms with Gasteiger partial charge in [-0.1, -0.05) is 18.8 Å². The van der Waals surface area contributed by atoms with Gasteiger partial charge in [0.25, 0.3) is 5.91 Å². The summed E-state index contributed by atoms with van der Waals surface area (Å²) in [6.45, 7) is 7.48. The molecule has 2 unspecified atom stereocenters. The molecule has 1 saturated heterocycles. The number of thiophene rings is 1. The smallest absolute Gasteiger partial charge is 0.264 e. The lowest BCUT2D eigenvalue weighted by Crippen LogP contribution is -2.47. The van der Waals surface area contributed by atoms with E-state index in [9.17, 15) is 4.79 Å². The first-order valence-electron chi connectivity index (χ1n) is 6.76. The number of carbonyl (C=O) groups is 1. The van der Waals surface area contributed by atoms with Gasteiger partial charge in [-0.25, -0.2) is 0 Å². The third kappa shape index (κ3) is 3.20. The monoisotopic (exact) mass is 308 g/mol. The van der Waals surface area contributed by atoms with Gasteiger partial charge in [-0.2, -0.15) is 11.8 Å². The van der Waals surface area contributed by atoms with Crippen molar-refractivity contribution >= 4 is 29.0 Å². The average molecular weight is 308 g/mol. The molecule has 3 nitrogen and oxygen atoms in total. The average Bonchev–Trinajstić information content (AvgIpc) is 2.80. The Balaban J connectivity index is 2.21. The van der Waals surface area contributed by atoms with Crippen LogP contribution in [0.5, 0.6) is 0 Å². The zero-order valence-electron chi connectivity index (χ0n) is 12.1. The van der Waals surface area contributed by atoms with Crippen LogP contribution >= 0.6 is 23.1 Å². The van der Waals surface area contributed by atoms with Crippen LogP contribution in [0.25, 0.3) is 0 Å². The number of rotatable bonds is 1. The summed E-state index contributed by atoms with van der Waals surface area (Å²) in [5.41, 5.74) is 6.46. The number of hydrogen-bond acceptors (Lipinski definition) is 4. The molecule has 1 amide bonds. The zero-order chi connectivity index (χ0) is 14.7. The number of carbonyl (C=O) groups excluding carboxylic acids is 1. The van der Waals surface area contributed by atoms with E-state index in [1.807, 2.05) is 29.7 Å². The van der Waals surface area contributed by atoms with Crippen molar-refractivity contribution < 1.29 is 4.79 Å². The molecule has 2 rings (SSSR count). The minimum absolute atomic E-state index is 0.138. The highest BCUT2D eigenvalue weighted by Gasteiger charge is 2.30. The highest BCUT2D eigenvalue weighted by molar-refractivity contribution is 8.00. The van der Waals surface area contributed by atoms with Gasteiger partial charge in [0.05, 0.1) is 16.3 Å². The number of nitrogens with zero attached hydrogens (tertiary/aromatic N) is 1. The molecule has 0 bridgehead atoms. The van der Waals surface area contributed by atoms with Crippen molar-refractivity contribution in [2.24, 2.45) is 5.73 Å². The maximum absolute atomic E-state index is 12.6. The minimum atomic E-state index is 0.138. The summed E-state index contributed by atoms with van der Waals surface area (Å²) < 4.78 is 0. The Hall–Kier alpha value is -0.960. The second-order valence-corrected chi connectivity index (χ2v) is 7.48. The SMILES string of the molecule is Cc1cc(C(=O)N2CCSC(C)C2C)sc1C#CCN. The molecule has 1 aliphatic rings. The zero-order valence-corrected chi connectivity index (χ0v) is 13.7. The Morgan fingerprint density at radius 3 is 3.00 bits per heavy atom. The van der Waals surface area contributed by atoms with Gasteiger partial charge in [-0.15, -0.1) is 11.3 Å². The Morgan fingerprint density at radius 2 is 2.30 bits per heavy atom. The molecule has 5 heteroatoms. The summed E-state index contributed by atoms with van der Waals surface area (Å²) in [5, 5.41) is 0.491. The standard InChI is InChI=1S/C15H20N2OS2/c1-10-9-14(20-13(10)5-4-6-16)15(18)17-7-8-19-12(3)11(17)2/h9,11-12H,6-8,16H2,1-3H3. The first-order chi connectivity index (χ1) is 9.54. The van der Waals surface area contributed by atoms with Crippen molar-refractivity contribution in [1.29, 1.82) is 0 Å². The lowest BCUT2D eigenvalue weighted by Gasteiger charge is -2.37. The van der Waals surface area contributed by atoms with Crippen molar-refractivity contribution in [3.63, 3.8) is 0 Å². The van der Waals surface area contributed by atoms with Gasteiger partial charge in [0.15, 0.2) is 0 Å². The summed E-state index contributed by atoms with van der Waals surface area (Å²) in [6.07, 6.45) is 0. The van der Waals surface area contributed by atoms with Crippen molar-refractivity contribution in [2.45, 2.75) is 32.1 Å². The predicted octanol–water partition coefficient (Wildman–Crippen LogP) is 2.33. The third-order valence-electron chi connectivity index (χ3n) is 3.58. The molecule has 1 aromatic rings. The Morgan fingerprint density at radius 1 is 1.55 bits per heavy atom. The van der Waals surface area contributed by atoms with Gasteiger partial charge < -0.3 is 10.6 Å². The lowest BCUT2D eigenvalue weighted by atomic mass is 10.2. The number of nitrogens with two attached hydrogens (primary N) is 1. The fraction of sp³-hybridized carbons (Fsp3) is 0.533. The molecule has 108 valence electrons. The third-order valence-corrected chi connectivity index (χ3v) is 6.06. The molecule has 2 heterocycles. The molecule has 2 atom stereocenters. The second kappa shape index (κ2) is 6.66. The van der Waals surface area contributed by atoms with Crippen molar-refractivity contribution in [2.75, 3.05) is 18.8 Å². The molecular weight excluding hydrogens is 288 g/mol. The number of aryl methyl sites for hydroxylation is 1. The van der Waals surface area contributed by atoms with Gasteiger partial charge in [0.2, 0.25) is 0 Å². The molecule has 1 aliphatic heterocycles. The summed E-state index contributed by atoms with van der Waals surface area (Å²) in [6, 6.07) is 2.23. The van der Waals surface area contributed by atoms with Crippen LogP contribution < -0.4 is 5.73 Å². The molecule has 0 aromatic carbocycles. The number of amides is 1. The van der Waals surface area contributed by atoms with Crippen LogP contribution in [0.1, 0.15) is 34.0 Å². The van der Waals surface area contributed by atoms with E-state index in [1.165, 1.54) is 11.3 Å². The lowest BCUT2D eigenvalue weighted by molar-refractivity contribution is 0.0703. The number of thioether (sulfide) groups is 1. The molecule has 1 fully saturated rings. The first kappa shape index (κ1) is 15.4. The Labute approximate surface area is 128 Å². The first-order valence-corrected chi connectivity index (χ1v) is 8.63. The molecule has 0 saturated carbocycles. The van der Waals surface area contributed by atoms with Gasteiger partial charge in [-0.05, 0) is 25.5 Å². The van der Waals surface area contributed by atoms with Crippen LogP contribution in [0.15, 0.2) is 6.07 Å².